The molecule has 0 fully saturated rings. The summed E-state index contributed by atoms with van der Waals surface area (Å²) in [5, 5.41) is -0.308. The van der Waals surface area contributed by atoms with E-state index in [1.165, 1.54) is 31.2 Å². The second-order valence-electron chi connectivity index (χ2n) is 6.50. The van der Waals surface area contributed by atoms with Crippen molar-refractivity contribution in [1.29, 1.82) is 0 Å². The van der Waals surface area contributed by atoms with Gasteiger partial charge in [0.15, 0.2) is 4.80 Å². The summed E-state index contributed by atoms with van der Waals surface area (Å²) in [5.74, 6) is -0.995. The van der Waals surface area contributed by atoms with E-state index in [0.717, 1.165) is 17.4 Å². The van der Waals surface area contributed by atoms with Crippen LogP contribution in [0, 0.1) is 0 Å². The lowest BCUT2D eigenvalue weighted by Gasteiger charge is -2.15. The lowest BCUT2D eigenvalue weighted by molar-refractivity contribution is -0.274. The van der Waals surface area contributed by atoms with Crippen molar-refractivity contribution in [3.05, 3.63) is 57.9 Å². The van der Waals surface area contributed by atoms with Crippen molar-refractivity contribution in [3.63, 3.8) is 0 Å². The van der Waals surface area contributed by atoms with Crippen molar-refractivity contribution < 1.29 is 31.5 Å². The molecule has 12 heteroatoms. The van der Waals surface area contributed by atoms with Gasteiger partial charge in [-0.3, -0.25) is 9.00 Å². The number of ether oxygens (including phenoxy) is 1. The molecule has 0 N–H and O–H groups in total. The van der Waals surface area contributed by atoms with E-state index in [4.69, 9.17) is 11.6 Å². The fraction of sp³-hybridized carbons (Fsp3) is 0.263. The first-order chi connectivity index (χ1) is 14.5. The first-order valence-electron chi connectivity index (χ1n) is 8.85. The lowest BCUT2D eigenvalue weighted by atomic mass is 10.2. The van der Waals surface area contributed by atoms with Gasteiger partial charge in [0.2, 0.25) is 0 Å². The Morgan fingerprint density at radius 1 is 1.32 bits per heavy atom. The van der Waals surface area contributed by atoms with Crippen molar-refractivity contribution >= 4 is 50.1 Å². The molecule has 3 rings (SSSR count). The topological polar surface area (TPSA) is 83.7 Å². The highest BCUT2D eigenvalue weighted by atomic mass is 35.5. The van der Waals surface area contributed by atoms with Crippen LogP contribution in [0.5, 0.6) is 5.75 Å². The largest absolute Gasteiger partial charge is 0.772 e. The molecule has 0 saturated heterocycles. The number of aryl methyl sites for hydroxylation is 1. The standard InChI is InChI=1S/C19H16ClF3N2O4S2/c1-11(31(27)28)7-8-25-15-6-5-14(29-19(21,22)23)10-16(15)30-18(25)24-17(26)12-3-2-4-13(20)9-12/h2-6,9-11H,7-8H2,1H3,(H,27,28)/p-1. The zero-order valence-electron chi connectivity index (χ0n) is 15.9. The summed E-state index contributed by atoms with van der Waals surface area (Å²) in [6.45, 7) is 1.72. The smallest absolute Gasteiger partial charge is 0.573 e. The number of benzene rings is 2. The molecule has 0 radical (unpaired) electrons. The van der Waals surface area contributed by atoms with Crippen LogP contribution in [0.2, 0.25) is 5.02 Å². The number of hydrogen-bond acceptors (Lipinski definition) is 5. The molecule has 2 unspecified atom stereocenters. The number of aromatic nitrogens is 1. The van der Waals surface area contributed by atoms with Crippen LogP contribution in [-0.4, -0.2) is 30.8 Å². The Kier molecular flexibility index (Phi) is 7.20. The predicted molar refractivity (Wildman–Crippen MR) is 111 cm³/mol. The van der Waals surface area contributed by atoms with Gasteiger partial charge in [0, 0.05) is 22.4 Å². The molecule has 0 bridgehead atoms. The third-order valence-electron chi connectivity index (χ3n) is 4.24. The van der Waals surface area contributed by atoms with Gasteiger partial charge in [-0.05, 0) is 42.8 Å². The molecular weight excluding hydrogens is 477 g/mol. The van der Waals surface area contributed by atoms with Gasteiger partial charge in [0.05, 0.1) is 10.2 Å². The minimum absolute atomic E-state index is 0.191. The van der Waals surface area contributed by atoms with E-state index in [0.29, 0.717) is 15.2 Å². The molecule has 166 valence electrons. The Bertz CT molecular complexity index is 1210. The highest BCUT2D eigenvalue weighted by Crippen LogP contribution is 2.28. The van der Waals surface area contributed by atoms with E-state index in [1.807, 2.05) is 0 Å². The highest BCUT2D eigenvalue weighted by molar-refractivity contribution is 7.79. The number of carbonyl (C=O) groups excluding carboxylic acids is 1. The number of alkyl halides is 3. The van der Waals surface area contributed by atoms with E-state index in [1.54, 1.807) is 16.7 Å². The quantitative estimate of drug-likeness (QED) is 0.470. The van der Waals surface area contributed by atoms with Crippen LogP contribution in [0.1, 0.15) is 23.7 Å². The summed E-state index contributed by atoms with van der Waals surface area (Å²) in [5.41, 5.74) is 0.743. The molecule has 1 aromatic heterocycles. The van der Waals surface area contributed by atoms with Gasteiger partial charge in [-0.25, -0.2) is 0 Å². The number of amides is 1. The van der Waals surface area contributed by atoms with E-state index >= 15 is 0 Å². The van der Waals surface area contributed by atoms with Crippen molar-refractivity contribution in [1.82, 2.24) is 4.57 Å². The van der Waals surface area contributed by atoms with E-state index in [2.05, 4.69) is 9.73 Å². The number of hydrogen-bond donors (Lipinski definition) is 0. The van der Waals surface area contributed by atoms with Gasteiger partial charge in [-0.2, -0.15) is 4.99 Å². The average Bonchev–Trinajstić information content (AvgIpc) is 3.00. The van der Waals surface area contributed by atoms with Crippen LogP contribution in [0.15, 0.2) is 47.5 Å². The van der Waals surface area contributed by atoms with Crippen molar-refractivity contribution in [3.8, 4) is 5.75 Å². The molecule has 0 aliphatic carbocycles. The fourth-order valence-corrected chi connectivity index (χ4v) is 4.30. The molecule has 0 aliphatic rings. The third kappa shape index (κ3) is 6.16. The summed E-state index contributed by atoms with van der Waals surface area (Å²) >= 11 is 4.62. The van der Waals surface area contributed by atoms with Gasteiger partial charge in [0.1, 0.15) is 5.75 Å². The van der Waals surface area contributed by atoms with Crippen molar-refractivity contribution in [2.45, 2.75) is 31.5 Å². The summed E-state index contributed by atoms with van der Waals surface area (Å²) in [6.07, 6.45) is -4.62. The fourth-order valence-electron chi connectivity index (χ4n) is 2.73. The summed E-state index contributed by atoms with van der Waals surface area (Å²) in [4.78, 5) is 16.9. The number of nitrogens with zero attached hydrogens (tertiary/aromatic N) is 2. The first-order valence-corrected chi connectivity index (χ1v) is 11.2. The molecule has 1 heterocycles. The number of carbonyl (C=O) groups is 1. The molecule has 0 spiro atoms. The minimum Gasteiger partial charge on any atom is -0.772 e. The van der Waals surface area contributed by atoms with Crippen LogP contribution >= 0.6 is 22.9 Å². The van der Waals surface area contributed by atoms with Crippen LogP contribution in [0.3, 0.4) is 0 Å². The Morgan fingerprint density at radius 3 is 2.71 bits per heavy atom. The lowest BCUT2D eigenvalue weighted by Crippen LogP contribution is -2.21. The number of thiazole rings is 1. The normalized spacial score (nSPS) is 14.6. The second-order valence-corrected chi connectivity index (χ2v) is 9.27. The molecule has 1 amide bonds. The molecule has 0 saturated carbocycles. The monoisotopic (exact) mass is 491 g/mol. The van der Waals surface area contributed by atoms with E-state index in [9.17, 15) is 26.7 Å². The van der Waals surface area contributed by atoms with E-state index in [-0.39, 0.29) is 23.3 Å². The average molecular weight is 492 g/mol. The molecule has 6 nitrogen and oxygen atoms in total. The Morgan fingerprint density at radius 2 is 2.06 bits per heavy atom. The predicted octanol–water partition coefficient (Wildman–Crippen LogP) is 4.65. The Labute approximate surface area is 186 Å². The second kappa shape index (κ2) is 9.51. The van der Waals surface area contributed by atoms with Crippen LogP contribution in [0.4, 0.5) is 13.2 Å². The maximum Gasteiger partial charge on any atom is 0.573 e. The number of rotatable bonds is 6. The third-order valence-corrected chi connectivity index (χ3v) is 6.41. The molecule has 0 aliphatic heterocycles. The zero-order chi connectivity index (χ0) is 22.8. The SMILES string of the molecule is CC(CCn1c(=NC(=O)c2cccc(Cl)c2)sc2cc(OC(F)(F)F)ccc21)S(=O)[O-]. The molecule has 31 heavy (non-hydrogen) atoms. The maximum atomic E-state index is 12.6. The first kappa shape index (κ1) is 23.5. The van der Waals surface area contributed by atoms with E-state index < -0.39 is 34.3 Å². The van der Waals surface area contributed by atoms with Gasteiger partial charge >= 0.3 is 6.36 Å². The van der Waals surface area contributed by atoms with Gasteiger partial charge in [-0.1, -0.05) is 47.0 Å². The van der Waals surface area contributed by atoms with Crippen LogP contribution in [0.25, 0.3) is 10.2 Å². The maximum absolute atomic E-state index is 12.6. The minimum atomic E-state index is -4.84. The van der Waals surface area contributed by atoms with Gasteiger partial charge in [-0.15, -0.1) is 13.2 Å². The number of fused-ring (bicyclic) bond motifs is 1. The number of halogens is 4. The molecule has 2 atom stereocenters. The van der Waals surface area contributed by atoms with Crippen molar-refractivity contribution in [2.75, 3.05) is 0 Å². The van der Waals surface area contributed by atoms with Crippen molar-refractivity contribution in [2.24, 2.45) is 4.99 Å². The van der Waals surface area contributed by atoms with Gasteiger partial charge < -0.3 is 13.9 Å². The molecular formula is C19H15ClF3N2O4S2-. The Balaban J connectivity index is 2.07. The van der Waals surface area contributed by atoms with Crippen LogP contribution < -0.4 is 9.54 Å². The zero-order valence-corrected chi connectivity index (χ0v) is 18.3. The summed E-state index contributed by atoms with van der Waals surface area (Å²) in [7, 11) is 0. The van der Waals surface area contributed by atoms with Gasteiger partial charge in [0.25, 0.3) is 5.91 Å². The molecule has 3 aromatic rings. The van der Waals surface area contributed by atoms with Crippen LogP contribution in [-0.2, 0) is 17.6 Å². The summed E-state index contributed by atoms with van der Waals surface area (Å²) < 4.78 is 65.9. The molecule has 2 aromatic carbocycles. The summed E-state index contributed by atoms with van der Waals surface area (Å²) in [6, 6.07) is 9.93. The highest BCUT2D eigenvalue weighted by Gasteiger charge is 2.31. The Hall–Kier alpha value is -2.21.